The van der Waals surface area contributed by atoms with Gasteiger partial charge in [0.1, 0.15) is 0 Å². The van der Waals surface area contributed by atoms with Crippen LogP contribution in [0.5, 0.6) is 0 Å². The van der Waals surface area contributed by atoms with Crippen LogP contribution in [0.3, 0.4) is 0 Å². The second-order valence-corrected chi connectivity index (χ2v) is 9.32. The minimum atomic E-state index is -3.35. The van der Waals surface area contributed by atoms with E-state index in [0.717, 1.165) is 38.6 Å². The molecule has 0 spiro atoms. The lowest BCUT2D eigenvalue weighted by Crippen LogP contribution is -2.30. The molecule has 3 N–H and O–H groups in total. The van der Waals surface area contributed by atoms with E-state index in [9.17, 15) is 8.42 Å². The van der Waals surface area contributed by atoms with Gasteiger partial charge in [-0.05, 0) is 43.8 Å². The first kappa shape index (κ1) is 22.9. The molecule has 10 heteroatoms. The lowest BCUT2D eigenvalue weighted by atomic mass is 9.90. The molecule has 1 aromatic rings. The minimum Gasteiger partial charge on any atom is -0.362 e. The van der Waals surface area contributed by atoms with Crippen molar-refractivity contribution in [2.75, 3.05) is 24.2 Å². The average Bonchev–Trinajstić information content (AvgIpc) is 2.68. The number of rotatable bonds is 12. The van der Waals surface area contributed by atoms with Crippen molar-refractivity contribution < 1.29 is 13.3 Å². The highest BCUT2D eigenvalue weighted by molar-refractivity contribution is 7.89. The molecule has 0 amide bonds. The molecule has 2 rings (SSSR count). The SMILES string of the molecule is O=S(=O)(CCCCCCNC(=S)Nc1cnccn1)NOCC1CCCCC1. The Morgan fingerprint density at radius 2 is 1.93 bits per heavy atom. The normalized spacial score (nSPS) is 15.3. The molecule has 1 fully saturated rings. The summed E-state index contributed by atoms with van der Waals surface area (Å²) in [5, 5.41) is 6.55. The van der Waals surface area contributed by atoms with Crippen LogP contribution in [-0.2, 0) is 14.9 Å². The van der Waals surface area contributed by atoms with Crippen molar-refractivity contribution in [3.63, 3.8) is 0 Å². The van der Waals surface area contributed by atoms with E-state index in [1.807, 2.05) is 0 Å². The maximum atomic E-state index is 11.9. The third-order valence-corrected chi connectivity index (χ3v) is 6.10. The Labute approximate surface area is 173 Å². The molecule has 0 saturated heterocycles. The summed E-state index contributed by atoms with van der Waals surface area (Å²) in [6, 6.07) is 0. The summed E-state index contributed by atoms with van der Waals surface area (Å²) < 4.78 is 23.9. The van der Waals surface area contributed by atoms with Crippen LogP contribution in [0.1, 0.15) is 57.8 Å². The van der Waals surface area contributed by atoms with Crippen LogP contribution in [0.2, 0.25) is 0 Å². The van der Waals surface area contributed by atoms with Crippen molar-refractivity contribution in [2.24, 2.45) is 5.92 Å². The second-order valence-electron chi connectivity index (χ2n) is 7.10. The lowest BCUT2D eigenvalue weighted by Gasteiger charge is -2.21. The molecular weight excluding hydrogens is 398 g/mol. The summed E-state index contributed by atoms with van der Waals surface area (Å²) in [7, 11) is -3.35. The Hall–Kier alpha value is -1.36. The molecule has 0 bridgehead atoms. The summed E-state index contributed by atoms with van der Waals surface area (Å²) in [6.45, 7) is 1.20. The van der Waals surface area contributed by atoms with Crippen molar-refractivity contribution in [1.29, 1.82) is 0 Å². The molecule has 1 heterocycles. The van der Waals surface area contributed by atoms with E-state index < -0.39 is 10.0 Å². The van der Waals surface area contributed by atoms with Crippen LogP contribution in [0, 0.1) is 5.92 Å². The fourth-order valence-electron chi connectivity index (χ4n) is 3.13. The molecule has 0 aliphatic heterocycles. The molecule has 0 atom stereocenters. The van der Waals surface area contributed by atoms with E-state index in [2.05, 4.69) is 25.5 Å². The van der Waals surface area contributed by atoms with E-state index in [4.69, 9.17) is 17.1 Å². The van der Waals surface area contributed by atoms with Crippen LogP contribution in [0.4, 0.5) is 5.82 Å². The Morgan fingerprint density at radius 3 is 2.68 bits per heavy atom. The predicted octanol–water partition coefficient (Wildman–Crippen LogP) is 2.75. The highest BCUT2D eigenvalue weighted by Crippen LogP contribution is 2.23. The van der Waals surface area contributed by atoms with Gasteiger partial charge in [0.2, 0.25) is 10.0 Å². The smallest absolute Gasteiger partial charge is 0.233 e. The second kappa shape index (κ2) is 13.0. The molecule has 28 heavy (non-hydrogen) atoms. The molecular formula is C18H31N5O3S2. The first-order chi connectivity index (χ1) is 13.6. The van der Waals surface area contributed by atoms with Gasteiger partial charge in [-0.2, -0.15) is 0 Å². The molecule has 1 aliphatic carbocycles. The Kier molecular flexibility index (Phi) is 10.6. The van der Waals surface area contributed by atoms with Crippen LogP contribution < -0.4 is 15.5 Å². The van der Waals surface area contributed by atoms with Crippen molar-refractivity contribution in [3.05, 3.63) is 18.6 Å². The number of hydrogen-bond donors (Lipinski definition) is 3. The van der Waals surface area contributed by atoms with Gasteiger partial charge >= 0.3 is 0 Å². The van der Waals surface area contributed by atoms with Gasteiger partial charge in [-0.15, -0.1) is 0 Å². The molecule has 8 nitrogen and oxygen atoms in total. The summed E-state index contributed by atoms with van der Waals surface area (Å²) in [5.41, 5.74) is 0. The zero-order valence-corrected chi connectivity index (χ0v) is 17.9. The van der Waals surface area contributed by atoms with Gasteiger partial charge in [-0.1, -0.05) is 37.0 Å². The van der Waals surface area contributed by atoms with E-state index in [1.165, 1.54) is 19.3 Å². The Morgan fingerprint density at radius 1 is 1.14 bits per heavy atom. The maximum Gasteiger partial charge on any atom is 0.233 e. The van der Waals surface area contributed by atoms with Crippen LogP contribution in [-0.4, -0.2) is 42.4 Å². The fraction of sp³-hybridized carbons (Fsp3) is 0.722. The maximum absolute atomic E-state index is 11.9. The van der Waals surface area contributed by atoms with Gasteiger partial charge in [0.25, 0.3) is 0 Å². The number of anilines is 1. The number of nitrogens with one attached hydrogen (secondary N) is 3. The van der Waals surface area contributed by atoms with Gasteiger partial charge in [-0.3, -0.25) is 9.82 Å². The highest BCUT2D eigenvalue weighted by Gasteiger charge is 2.15. The average molecular weight is 430 g/mol. The summed E-state index contributed by atoms with van der Waals surface area (Å²) in [5.74, 6) is 1.18. The summed E-state index contributed by atoms with van der Waals surface area (Å²) in [6.07, 6.45) is 14.1. The monoisotopic (exact) mass is 429 g/mol. The zero-order valence-electron chi connectivity index (χ0n) is 16.2. The quantitative estimate of drug-likeness (QED) is 0.265. The lowest BCUT2D eigenvalue weighted by molar-refractivity contribution is 0.0519. The van der Waals surface area contributed by atoms with Crippen molar-refractivity contribution >= 4 is 33.2 Å². The highest BCUT2D eigenvalue weighted by atomic mass is 32.2. The van der Waals surface area contributed by atoms with Gasteiger partial charge in [0.15, 0.2) is 10.9 Å². The van der Waals surface area contributed by atoms with Gasteiger partial charge in [0, 0.05) is 18.9 Å². The number of aromatic nitrogens is 2. The number of nitrogens with zero attached hydrogens (tertiary/aromatic N) is 2. The van der Waals surface area contributed by atoms with Crippen LogP contribution in [0.15, 0.2) is 18.6 Å². The largest absolute Gasteiger partial charge is 0.362 e. The topological polar surface area (TPSA) is 105 Å². The molecule has 0 radical (unpaired) electrons. The molecule has 0 unspecified atom stereocenters. The Bertz CT molecular complexity index is 667. The van der Waals surface area contributed by atoms with Crippen LogP contribution >= 0.6 is 12.2 Å². The van der Waals surface area contributed by atoms with Crippen LogP contribution in [0.25, 0.3) is 0 Å². The molecule has 0 aromatic carbocycles. The molecule has 1 aliphatic rings. The molecule has 1 aromatic heterocycles. The van der Waals surface area contributed by atoms with E-state index >= 15 is 0 Å². The number of thiocarbonyl (C=S) groups is 1. The van der Waals surface area contributed by atoms with Gasteiger partial charge < -0.3 is 10.6 Å². The third-order valence-electron chi connectivity index (χ3n) is 4.66. The van der Waals surface area contributed by atoms with Crippen molar-refractivity contribution in [2.45, 2.75) is 57.8 Å². The van der Waals surface area contributed by atoms with Crippen molar-refractivity contribution in [3.8, 4) is 0 Å². The number of unbranched alkanes of at least 4 members (excludes halogenated alkanes) is 3. The summed E-state index contributed by atoms with van der Waals surface area (Å²) >= 11 is 5.18. The number of hydrogen-bond acceptors (Lipinski definition) is 6. The van der Waals surface area contributed by atoms with E-state index in [0.29, 0.717) is 29.9 Å². The van der Waals surface area contributed by atoms with E-state index in [1.54, 1.807) is 18.6 Å². The Balaban J connectivity index is 1.45. The van der Waals surface area contributed by atoms with E-state index in [-0.39, 0.29) is 5.75 Å². The fourth-order valence-corrected chi connectivity index (χ4v) is 4.26. The standard InChI is InChI=1S/C18H31N5O3S2/c24-28(25,23-26-15-16-8-4-3-5-9-16)13-7-2-1-6-10-21-18(27)22-17-14-19-11-12-20-17/h11-12,14,16,23H,1-10,13,15H2,(H2,20,21,22,27). The van der Waals surface area contributed by atoms with Crippen molar-refractivity contribution in [1.82, 2.24) is 20.2 Å². The molecule has 158 valence electrons. The summed E-state index contributed by atoms with van der Waals surface area (Å²) in [4.78, 5) is 15.5. The van der Waals surface area contributed by atoms with Gasteiger partial charge in [-0.25, -0.2) is 13.4 Å². The molecule has 1 saturated carbocycles. The predicted molar refractivity (Wildman–Crippen MR) is 114 cm³/mol. The first-order valence-corrected chi connectivity index (χ1v) is 12.0. The minimum absolute atomic E-state index is 0.0950. The number of sulfonamides is 1. The zero-order chi connectivity index (χ0) is 20.1. The van der Waals surface area contributed by atoms with Gasteiger partial charge in [0.05, 0.1) is 18.6 Å². The first-order valence-electron chi connectivity index (χ1n) is 9.97. The third kappa shape index (κ3) is 10.3.